The molecule has 0 aromatic heterocycles. The number of amidine groups is 1. The summed E-state index contributed by atoms with van der Waals surface area (Å²) in [4.78, 5) is 8.96. The molecule has 2 aromatic carbocycles. The SMILES string of the molecule is CCN1CCN(C(=NCS(=O)(=O)c2ccc(C)cc2)c2cc(I)ccc2F)CC1. The van der Waals surface area contributed by atoms with Crippen molar-refractivity contribution in [2.45, 2.75) is 18.7 Å². The van der Waals surface area contributed by atoms with E-state index in [0.29, 0.717) is 24.5 Å². The molecule has 156 valence electrons. The maximum absolute atomic E-state index is 14.6. The lowest BCUT2D eigenvalue weighted by Crippen LogP contribution is -2.49. The van der Waals surface area contributed by atoms with Crippen LogP contribution in [-0.2, 0) is 9.84 Å². The van der Waals surface area contributed by atoms with Crippen LogP contribution in [0.3, 0.4) is 0 Å². The molecule has 0 bridgehead atoms. The molecular formula is C21H25FIN3O2S. The number of hydrogen-bond acceptors (Lipinski definition) is 4. The van der Waals surface area contributed by atoms with Gasteiger partial charge in [0.15, 0.2) is 9.84 Å². The number of likely N-dealkylation sites (N-methyl/N-ethyl adjacent to an activating group) is 1. The summed E-state index contributed by atoms with van der Waals surface area (Å²) in [6.45, 7) is 8.02. The number of aliphatic imine (C=N–C) groups is 1. The third-order valence-corrected chi connectivity index (χ3v) is 7.18. The predicted molar refractivity (Wildman–Crippen MR) is 123 cm³/mol. The second kappa shape index (κ2) is 9.53. The van der Waals surface area contributed by atoms with E-state index in [1.165, 1.54) is 6.07 Å². The maximum Gasteiger partial charge on any atom is 0.198 e. The second-order valence-corrected chi connectivity index (χ2v) is 10.3. The number of halogens is 2. The van der Waals surface area contributed by atoms with Gasteiger partial charge in [0.05, 0.1) is 10.5 Å². The summed E-state index contributed by atoms with van der Waals surface area (Å²) >= 11 is 2.13. The Morgan fingerprint density at radius 2 is 1.76 bits per heavy atom. The summed E-state index contributed by atoms with van der Waals surface area (Å²) in [5.74, 6) is -0.396. The first-order chi connectivity index (χ1) is 13.8. The molecule has 0 radical (unpaired) electrons. The number of rotatable bonds is 5. The van der Waals surface area contributed by atoms with Gasteiger partial charge in [-0.25, -0.2) is 12.8 Å². The van der Waals surface area contributed by atoms with E-state index >= 15 is 0 Å². The van der Waals surface area contributed by atoms with Crippen LogP contribution >= 0.6 is 22.6 Å². The molecule has 0 spiro atoms. The smallest absolute Gasteiger partial charge is 0.198 e. The summed E-state index contributed by atoms with van der Waals surface area (Å²) in [6, 6.07) is 11.5. The average molecular weight is 529 g/mol. The van der Waals surface area contributed by atoms with Crippen molar-refractivity contribution in [3.63, 3.8) is 0 Å². The lowest BCUT2D eigenvalue weighted by atomic mass is 10.1. The zero-order valence-electron chi connectivity index (χ0n) is 16.6. The topological polar surface area (TPSA) is 53.0 Å². The number of nitrogens with zero attached hydrogens (tertiary/aromatic N) is 3. The highest BCUT2D eigenvalue weighted by molar-refractivity contribution is 14.1. The summed E-state index contributed by atoms with van der Waals surface area (Å²) < 4.78 is 41.1. The Labute approximate surface area is 185 Å². The fourth-order valence-electron chi connectivity index (χ4n) is 3.27. The molecule has 0 aliphatic carbocycles. The van der Waals surface area contributed by atoms with Crippen LogP contribution in [0, 0.1) is 16.3 Å². The van der Waals surface area contributed by atoms with Crippen LogP contribution in [0.5, 0.6) is 0 Å². The Morgan fingerprint density at radius 3 is 2.38 bits per heavy atom. The number of piperazine rings is 1. The van der Waals surface area contributed by atoms with Gasteiger partial charge in [0.1, 0.15) is 17.5 Å². The van der Waals surface area contributed by atoms with Gasteiger partial charge in [0.25, 0.3) is 0 Å². The van der Waals surface area contributed by atoms with E-state index < -0.39 is 21.5 Å². The van der Waals surface area contributed by atoms with E-state index in [2.05, 4.69) is 39.4 Å². The van der Waals surface area contributed by atoms with Crippen LogP contribution in [0.2, 0.25) is 0 Å². The van der Waals surface area contributed by atoms with Crippen LogP contribution in [0.1, 0.15) is 18.1 Å². The minimum Gasteiger partial charge on any atom is -0.354 e. The minimum atomic E-state index is -3.61. The van der Waals surface area contributed by atoms with Crippen molar-refractivity contribution in [2.75, 3.05) is 38.6 Å². The number of sulfone groups is 1. The molecule has 2 aromatic rings. The minimum absolute atomic E-state index is 0.227. The van der Waals surface area contributed by atoms with E-state index in [9.17, 15) is 12.8 Å². The Balaban J connectivity index is 1.94. The Bertz CT molecular complexity index is 985. The summed E-state index contributed by atoms with van der Waals surface area (Å²) in [6.07, 6.45) is 0. The first-order valence-corrected chi connectivity index (χ1v) is 12.3. The van der Waals surface area contributed by atoms with Gasteiger partial charge in [-0.05, 0) is 66.4 Å². The molecule has 3 rings (SSSR count). The Morgan fingerprint density at radius 1 is 1.10 bits per heavy atom. The molecule has 0 N–H and O–H groups in total. The monoisotopic (exact) mass is 529 g/mol. The molecule has 0 unspecified atom stereocenters. The van der Waals surface area contributed by atoms with Crippen LogP contribution in [0.15, 0.2) is 52.4 Å². The van der Waals surface area contributed by atoms with Crippen molar-refractivity contribution >= 4 is 38.3 Å². The predicted octanol–water partition coefficient (Wildman–Crippen LogP) is 3.55. The molecule has 1 aliphatic heterocycles. The van der Waals surface area contributed by atoms with E-state index in [1.54, 1.807) is 36.4 Å². The van der Waals surface area contributed by atoms with E-state index in [0.717, 1.165) is 28.8 Å². The van der Waals surface area contributed by atoms with Gasteiger partial charge in [-0.3, -0.25) is 4.99 Å². The zero-order chi connectivity index (χ0) is 21.0. The molecule has 0 atom stereocenters. The third-order valence-electron chi connectivity index (χ3n) is 5.05. The Kier molecular flexibility index (Phi) is 7.28. The molecule has 1 saturated heterocycles. The standard InChI is InChI=1S/C21H25FIN3O2S/c1-3-25-10-12-26(13-11-25)21(19-14-17(23)6-9-20(19)22)24-15-29(27,28)18-7-4-16(2)5-8-18/h4-9,14H,3,10-13,15H2,1-2H3. The van der Waals surface area contributed by atoms with Crippen molar-refractivity contribution in [2.24, 2.45) is 4.99 Å². The lowest BCUT2D eigenvalue weighted by Gasteiger charge is -2.36. The number of hydrogen-bond donors (Lipinski definition) is 0. The van der Waals surface area contributed by atoms with Gasteiger partial charge >= 0.3 is 0 Å². The molecular weight excluding hydrogens is 504 g/mol. The number of benzene rings is 2. The lowest BCUT2D eigenvalue weighted by molar-refractivity contribution is 0.190. The largest absolute Gasteiger partial charge is 0.354 e. The molecule has 0 amide bonds. The number of aryl methyl sites for hydroxylation is 1. The third kappa shape index (κ3) is 5.55. The molecule has 29 heavy (non-hydrogen) atoms. The van der Waals surface area contributed by atoms with Crippen LogP contribution < -0.4 is 0 Å². The first kappa shape index (κ1) is 22.2. The fraction of sp³-hybridized carbons (Fsp3) is 0.381. The van der Waals surface area contributed by atoms with E-state index in [4.69, 9.17) is 0 Å². The van der Waals surface area contributed by atoms with Crippen LogP contribution in [0.4, 0.5) is 4.39 Å². The molecule has 1 fully saturated rings. The first-order valence-electron chi connectivity index (χ1n) is 9.57. The molecule has 8 heteroatoms. The van der Waals surface area contributed by atoms with Crippen molar-refractivity contribution in [1.82, 2.24) is 9.80 Å². The van der Waals surface area contributed by atoms with Gasteiger partial charge in [-0.15, -0.1) is 0 Å². The van der Waals surface area contributed by atoms with Gasteiger partial charge in [-0.2, -0.15) is 0 Å². The fourth-order valence-corrected chi connectivity index (χ4v) is 4.75. The van der Waals surface area contributed by atoms with Crippen LogP contribution in [-0.4, -0.2) is 62.7 Å². The second-order valence-electron chi connectivity index (χ2n) is 7.08. The van der Waals surface area contributed by atoms with Crippen molar-refractivity contribution in [1.29, 1.82) is 0 Å². The van der Waals surface area contributed by atoms with Crippen LogP contribution in [0.25, 0.3) is 0 Å². The van der Waals surface area contributed by atoms with Gasteiger partial charge in [0.2, 0.25) is 0 Å². The molecule has 1 aliphatic rings. The van der Waals surface area contributed by atoms with Crippen molar-refractivity contribution in [3.8, 4) is 0 Å². The van der Waals surface area contributed by atoms with Gasteiger partial charge in [0, 0.05) is 29.7 Å². The molecule has 0 saturated carbocycles. The summed E-state index contributed by atoms with van der Waals surface area (Å²) in [5, 5.41) is 0. The summed E-state index contributed by atoms with van der Waals surface area (Å²) in [5.41, 5.74) is 1.34. The van der Waals surface area contributed by atoms with Crippen molar-refractivity contribution in [3.05, 3.63) is 63.0 Å². The van der Waals surface area contributed by atoms with Crippen molar-refractivity contribution < 1.29 is 12.8 Å². The normalized spacial score (nSPS) is 16.3. The zero-order valence-corrected chi connectivity index (χ0v) is 19.6. The maximum atomic E-state index is 14.6. The average Bonchev–Trinajstić information content (AvgIpc) is 2.71. The molecule has 1 heterocycles. The Hall–Kier alpha value is -1.52. The van der Waals surface area contributed by atoms with Gasteiger partial charge < -0.3 is 9.80 Å². The van der Waals surface area contributed by atoms with Gasteiger partial charge in [-0.1, -0.05) is 24.6 Å². The summed E-state index contributed by atoms with van der Waals surface area (Å²) in [7, 11) is -3.61. The van der Waals surface area contributed by atoms with E-state index in [1.807, 2.05) is 11.8 Å². The highest BCUT2D eigenvalue weighted by Crippen LogP contribution is 2.19. The quantitative estimate of drug-likeness (QED) is 0.338. The highest BCUT2D eigenvalue weighted by Gasteiger charge is 2.23. The molecule has 5 nitrogen and oxygen atoms in total. The van der Waals surface area contributed by atoms with E-state index in [-0.39, 0.29) is 4.90 Å². The highest BCUT2D eigenvalue weighted by atomic mass is 127.